The third-order valence-corrected chi connectivity index (χ3v) is 8.27. The third kappa shape index (κ3) is 5.32. The van der Waals surface area contributed by atoms with Crippen LogP contribution in [0.4, 0.5) is 15.0 Å². The molecule has 0 radical (unpaired) electrons. The molecule has 1 fully saturated rings. The number of cyclic esters (lactones) is 1. The van der Waals surface area contributed by atoms with Crippen LogP contribution in [0.1, 0.15) is 19.7 Å². The molecule has 1 aromatic carbocycles. The van der Waals surface area contributed by atoms with Crippen molar-refractivity contribution in [3.05, 3.63) is 48.3 Å². The minimum Gasteiger partial charge on any atom is -0.447 e. The van der Waals surface area contributed by atoms with Crippen molar-refractivity contribution in [3.8, 4) is 22.5 Å². The highest BCUT2D eigenvalue weighted by Crippen LogP contribution is 2.31. The summed E-state index contributed by atoms with van der Waals surface area (Å²) in [5.41, 5.74) is 2.02. The van der Waals surface area contributed by atoms with Gasteiger partial charge in [0.2, 0.25) is 0 Å². The van der Waals surface area contributed by atoms with Crippen molar-refractivity contribution >= 4 is 25.6 Å². The average Bonchev–Trinajstić information content (AvgIpc) is 3.59. The molecule has 38 heavy (non-hydrogen) atoms. The van der Waals surface area contributed by atoms with Crippen molar-refractivity contribution in [3.63, 3.8) is 0 Å². The van der Waals surface area contributed by atoms with Gasteiger partial charge in [0, 0.05) is 26.4 Å². The molecule has 1 amide bonds. The molecular weight excluding hydrogens is 505 g/mol. The second-order valence-corrected chi connectivity index (χ2v) is 16.7. The van der Waals surface area contributed by atoms with Crippen LogP contribution in [0.5, 0.6) is 0 Å². The van der Waals surface area contributed by atoms with Gasteiger partial charge >= 0.3 is 6.09 Å². The van der Waals surface area contributed by atoms with Gasteiger partial charge in [0.15, 0.2) is 17.3 Å². The van der Waals surface area contributed by atoms with Crippen LogP contribution in [0.25, 0.3) is 28.2 Å². The molecule has 200 valence electrons. The Morgan fingerprint density at radius 2 is 2.03 bits per heavy atom. The van der Waals surface area contributed by atoms with Gasteiger partial charge < -0.3 is 9.47 Å². The highest BCUT2D eigenvalue weighted by molar-refractivity contribution is 6.76. The number of nitrogens with one attached hydrogen (secondary N) is 1. The maximum absolute atomic E-state index is 15.3. The fourth-order valence-electron chi connectivity index (χ4n) is 4.28. The molecule has 4 aromatic rings. The minimum absolute atomic E-state index is 0.113. The highest BCUT2D eigenvalue weighted by Gasteiger charge is 2.37. The zero-order chi connectivity index (χ0) is 27.0. The number of ether oxygens (including phenoxy) is 2. The summed E-state index contributed by atoms with van der Waals surface area (Å²) in [7, 11) is -1.17. The molecule has 1 aliphatic heterocycles. The highest BCUT2D eigenvalue weighted by atomic mass is 28.3. The number of carbonyl (C=O) groups is 1. The summed E-state index contributed by atoms with van der Waals surface area (Å²) in [4.78, 5) is 23.1. The van der Waals surface area contributed by atoms with Crippen molar-refractivity contribution in [1.82, 2.24) is 29.8 Å². The van der Waals surface area contributed by atoms with E-state index in [1.54, 1.807) is 40.0 Å². The fraction of sp³-hybridized carbons (Fsp3) is 0.423. The van der Waals surface area contributed by atoms with E-state index in [4.69, 9.17) is 14.5 Å². The van der Waals surface area contributed by atoms with Gasteiger partial charge in [-0.05, 0) is 35.7 Å². The van der Waals surface area contributed by atoms with Crippen LogP contribution in [0, 0.1) is 11.7 Å². The van der Waals surface area contributed by atoms with E-state index in [1.807, 2.05) is 13.8 Å². The summed E-state index contributed by atoms with van der Waals surface area (Å²) in [6.45, 7) is 12.2. The predicted molar refractivity (Wildman–Crippen MR) is 144 cm³/mol. The molecule has 3 aromatic heterocycles. The Balaban J connectivity index is 1.37. The number of halogens is 1. The average molecular weight is 538 g/mol. The SMILES string of the molecule is CC(C)[C@H]1COC(=O)N1c1ccn2ncc(-c3ccc(-c4n[nH]c(COCC[Si](C)(C)C)n4)c(F)c3)c2n1. The Morgan fingerprint density at radius 1 is 1.21 bits per heavy atom. The number of amides is 1. The second kappa shape index (κ2) is 10.3. The van der Waals surface area contributed by atoms with Crippen LogP contribution >= 0.6 is 0 Å². The van der Waals surface area contributed by atoms with Gasteiger partial charge in [-0.3, -0.25) is 10.00 Å². The lowest BCUT2D eigenvalue weighted by Gasteiger charge is -2.23. The number of hydrogen-bond acceptors (Lipinski definition) is 7. The molecule has 0 bridgehead atoms. The van der Waals surface area contributed by atoms with Gasteiger partial charge in [-0.2, -0.15) is 10.2 Å². The topological polar surface area (TPSA) is 111 Å². The Morgan fingerprint density at radius 3 is 2.76 bits per heavy atom. The van der Waals surface area contributed by atoms with Gasteiger partial charge in [-0.15, -0.1) is 0 Å². The number of hydrogen-bond donors (Lipinski definition) is 1. The number of carbonyl (C=O) groups excluding carboxylic acids is 1. The van der Waals surface area contributed by atoms with Crippen molar-refractivity contribution in [2.75, 3.05) is 18.1 Å². The van der Waals surface area contributed by atoms with E-state index in [0.717, 1.165) is 6.04 Å². The van der Waals surface area contributed by atoms with E-state index in [-0.39, 0.29) is 23.3 Å². The lowest BCUT2D eigenvalue weighted by atomic mass is 10.0. The lowest BCUT2D eigenvalue weighted by molar-refractivity contribution is 0.127. The van der Waals surface area contributed by atoms with E-state index < -0.39 is 20.0 Å². The number of aromatic nitrogens is 6. The third-order valence-electron chi connectivity index (χ3n) is 6.56. The number of benzene rings is 1. The van der Waals surface area contributed by atoms with E-state index in [1.165, 1.54) is 6.07 Å². The van der Waals surface area contributed by atoms with Gasteiger partial charge in [-0.1, -0.05) is 39.6 Å². The van der Waals surface area contributed by atoms with Crippen LogP contribution in [-0.4, -0.2) is 63.2 Å². The standard InChI is InChI=1S/C26H32FN7O3Si/c1-16(2)21-14-37-26(35)34(21)23-8-9-33-25(30-23)19(13-28-33)17-6-7-18(20(27)12-17)24-29-22(31-32-24)15-36-10-11-38(3,4)5/h6-9,12-13,16,21H,10-11,14-15H2,1-5H3,(H,29,31,32)/t21-/m1/s1. The van der Waals surface area contributed by atoms with Crippen molar-refractivity contribution in [2.24, 2.45) is 5.92 Å². The molecule has 12 heteroatoms. The van der Waals surface area contributed by atoms with Gasteiger partial charge in [-0.25, -0.2) is 23.7 Å². The summed E-state index contributed by atoms with van der Waals surface area (Å²) >= 11 is 0. The van der Waals surface area contributed by atoms with Gasteiger partial charge in [0.25, 0.3) is 0 Å². The summed E-state index contributed by atoms with van der Waals surface area (Å²) in [5.74, 6) is 1.02. The molecule has 0 spiro atoms. The number of nitrogens with zero attached hydrogens (tertiary/aromatic N) is 6. The Hall–Kier alpha value is -3.64. The van der Waals surface area contributed by atoms with Gasteiger partial charge in [0.1, 0.15) is 24.8 Å². The molecule has 1 N–H and O–H groups in total. The Bertz CT molecular complexity index is 1460. The molecule has 0 aliphatic carbocycles. The maximum atomic E-state index is 15.3. The minimum atomic E-state index is -1.17. The molecule has 10 nitrogen and oxygen atoms in total. The smallest absolute Gasteiger partial charge is 0.415 e. The van der Waals surface area contributed by atoms with Crippen LogP contribution in [0.2, 0.25) is 25.7 Å². The Kier molecular flexibility index (Phi) is 7.01. The number of rotatable bonds is 9. The van der Waals surface area contributed by atoms with E-state index in [2.05, 4.69) is 39.9 Å². The van der Waals surface area contributed by atoms with Crippen molar-refractivity contribution < 1.29 is 18.7 Å². The van der Waals surface area contributed by atoms with E-state index in [0.29, 0.717) is 48.2 Å². The molecule has 1 aliphatic rings. The Labute approximate surface area is 221 Å². The molecule has 0 saturated carbocycles. The van der Waals surface area contributed by atoms with E-state index in [9.17, 15) is 4.79 Å². The monoisotopic (exact) mass is 537 g/mol. The van der Waals surface area contributed by atoms with Crippen LogP contribution in [0.3, 0.4) is 0 Å². The molecular formula is C26H32FN7O3Si. The number of aromatic amines is 1. The zero-order valence-corrected chi connectivity index (χ0v) is 23.2. The number of H-pyrrole nitrogens is 1. The molecule has 0 unspecified atom stereocenters. The lowest BCUT2D eigenvalue weighted by Crippen LogP contribution is -2.37. The van der Waals surface area contributed by atoms with Crippen LogP contribution < -0.4 is 4.90 Å². The van der Waals surface area contributed by atoms with Crippen molar-refractivity contribution in [1.29, 1.82) is 0 Å². The first-order valence-electron chi connectivity index (χ1n) is 12.7. The molecule has 5 rings (SSSR count). The quantitative estimate of drug-likeness (QED) is 0.232. The van der Waals surface area contributed by atoms with Gasteiger partial charge in [0.05, 0.1) is 17.8 Å². The normalized spacial score (nSPS) is 16.1. The number of fused-ring (bicyclic) bond motifs is 1. The largest absolute Gasteiger partial charge is 0.447 e. The number of anilines is 1. The molecule has 1 saturated heterocycles. The molecule has 4 heterocycles. The summed E-state index contributed by atoms with van der Waals surface area (Å²) in [6, 6.07) is 7.52. The van der Waals surface area contributed by atoms with Crippen LogP contribution in [-0.2, 0) is 16.1 Å². The van der Waals surface area contributed by atoms with Crippen LogP contribution in [0.15, 0.2) is 36.7 Å². The second-order valence-electron chi connectivity index (χ2n) is 11.0. The maximum Gasteiger partial charge on any atom is 0.415 e. The molecule has 1 atom stereocenters. The first kappa shape index (κ1) is 26.0. The summed E-state index contributed by atoms with van der Waals surface area (Å²) in [5, 5.41) is 11.4. The van der Waals surface area contributed by atoms with Crippen molar-refractivity contribution in [2.45, 2.75) is 52.2 Å². The summed E-state index contributed by atoms with van der Waals surface area (Å²) < 4.78 is 27.8. The first-order chi connectivity index (χ1) is 18.1. The predicted octanol–water partition coefficient (Wildman–Crippen LogP) is 5.16. The fourth-order valence-corrected chi connectivity index (χ4v) is 5.04. The first-order valence-corrected chi connectivity index (χ1v) is 16.4. The summed E-state index contributed by atoms with van der Waals surface area (Å²) in [6.07, 6.45) is 2.94. The zero-order valence-electron chi connectivity index (χ0n) is 22.2. The van der Waals surface area contributed by atoms with E-state index >= 15 is 4.39 Å².